The highest BCUT2D eigenvalue weighted by molar-refractivity contribution is 5.31. The van der Waals surface area contributed by atoms with Crippen molar-refractivity contribution in [2.24, 2.45) is 5.73 Å². The Balaban J connectivity index is 2.18. The van der Waals surface area contributed by atoms with Gasteiger partial charge in [0.2, 0.25) is 0 Å². The molecule has 2 rings (SSSR count). The summed E-state index contributed by atoms with van der Waals surface area (Å²) in [4.78, 5) is 2.10. The van der Waals surface area contributed by atoms with Crippen molar-refractivity contribution in [1.82, 2.24) is 10.2 Å². The summed E-state index contributed by atoms with van der Waals surface area (Å²) in [5.74, 6) is 0. The number of fused-ring (bicyclic) bond motifs is 1. The number of nitrogens with zero attached hydrogens (tertiary/aromatic N) is 1. The quantitative estimate of drug-likeness (QED) is 0.591. The molecule has 2 aliphatic heterocycles. The minimum absolute atomic E-state index is 0.116. The lowest BCUT2D eigenvalue weighted by Gasteiger charge is -2.24. The Morgan fingerprint density at radius 3 is 3.17 bits per heavy atom. The van der Waals surface area contributed by atoms with Crippen LogP contribution in [0.2, 0.25) is 0 Å². The summed E-state index contributed by atoms with van der Waals surface area (Å²) in [6, 6.07) is 0.116. The average molecular weight is 163 g/mol. The van der Waals surface area contributed by atoms with E-state index in [9.17, 15) is 0 Å². The van der Waals surface area contributed by atoms with Gasteiger partial charge in [0.1, 0.15) is 6.17 Å². The van der Waals surface area contributed by atoms with Crippen LogP contribution < -0.4 is 11.1 Å². The molecule has 0 saturated heterocycles. The molecule has 2 aliphatic rings. The summed E-state index contributed by atoms with van der Waals surface area (Å²) in [5, 5.41) is 3.21. The molecule has 3 nitrogen and oxygen atoms in total. The molecule has 0 aromatic carbocycles. The number of nitrogens with two attached hydrogens (primary N) is 1. The summed E-state index contributed by atoms with van der Waals surface area (Å²) < 4.78 is 0. The highest BCUT2D eigenvalue weighted by atomic mass is 15.3. The second kappa shape index (κ2) is 2.68. The van der Waals surface area contributed by atoms with Gasteiger partial charge in [-0.2, -0.15) is 0 Å². The second-order valence-corrected chi connectivity index (χ2v) is 3.15. The van der Waals surface area contributed by atoms with Crippen molar-refractivity contribution in [3.05, 3.63) is 36.3 Å². The number of hydrogen-bond donors (Lipinski definition) is 2. The molecule has 0 radical (unpaired) electrons. The molecule has 2 heterocycles. The van der Waals surface area contributed by atoms with Crippen molar-refractivity contribution >= 4 is 0 Å². The number of nitrogens with one attached hydrogen (secondary N) is 1. The highest BCUT2D eigenvalue weighted by Crippen LogP contribution is 2.17. The molecular weight excluding hydrogens is 150 g/mol. The lowest BCUT2D eigenvalue weighted by atomic mass is 10.1. The third kappa shape index (κ3) is 1.12. The van der Waals surface area contributed by atoms with Gasteiger partial charge in [0.25, 0.3) is 0 Å². The van der Waals surface area contributed by atoms with Gasteiger partial charge in [-0.1, -0.05) is 0 Å². The van der Waals surface area contributed by atoms with E-state index in [4.69, 9.17) is 5.73 Å². The minimum Gasteiger partial charge on any atom is -0.366 e. The summed E-state index contributed by atoms with van der Waals surface area (Å²) in [6.07, 6.45) is 10.5. The Morgan fingerprint density at radius 2 is 2.42 bits per heavy atom. The van der Waals surface area contributed by atoms with E-state index in [-0.39, 0.29) is 12.2 Å². The molecule has 3 N–H and O–H groups in total. The first-order chi connectivity index (χ1) is 5.77. The van der Waals surface area contributed by atoms with Crippen LogP contribution in [0.4, 0.5) is 0 Å². The molecule has 0 amide bonds. The van der Waals surface area contributed by atoms with Crippen LogP contribution in [-0.4, -0.2) is 17.1 Å². The standard InChI is InChI=1S/C9H13N3/c1-7(10)8-2-4-12-5-3-11-9(12)6-8/h2-7,9,11H,10H2,1H3/t7-,9-/m0/s1. The van der Waals surface area contributed by atoms with E-state index < -0.39 is 0 Å². The summed E-state index contributed by atoms with van der Waals surface area (Å²) in [5.41, 5.74) is 6.95. The average Bonchev–Trinajstić information content (AvgIpc) is 2.49. The molecule has 2 atom stereocenters. The zero-order valence-electron chi connectivity index (χ0n) is 7.07. The molecular formula is C9H13N3. The zero-order chi connectivity index (χ0) is 8.55. The summed E-state index contributed by atoms with van der Waals surface area (Å²) in [6.45, 7) is 1.99. The first-order valence-electron chi connectivity index (χ1n) is 4.13. The molecule has 0 aromatic rings. The molecule has 0 unspecified atom stereocenters. The SMILES string of the molecule is C[C@H](N)C1=C[C@H]2NC=CN2C=C1. The maximum atomic E-state index is 5.76. The Hall–Kier alpha value is -1.22. The Bertz CT molecular complexity index is 263. The van der Waals surface area contributed by atoms with E-state index in [1.165, 1.54) is 5.57 Å². The van der Waals surface area contributed by atoms with Crippen molar-refractivity contribution in [3.63, 3.8) is 0 Å². The molecule has 0 aliphatic carbocycles. The van der Waals surface area contributed by atoms with E-state index in [1.54, 1.807) is 0 Å². The topological polar surface area (TPSA) is 41.3 Å². The number of hydrogen-bond acceptors (Lipinski definition) is 3. The van der Waals surface area contributed by atoms with Gasteiger partial charge in [-0.05, 0) is 24.6 Å². The molecule has 0 saturated carbocycles. The van der Waals surface area contributed by atoms with Gasteiger partial charge in [0.05, 0.1) is 0 Å². The largest absolute Gasteiger partial charge is 0.366 e. The van der Waals surface area contributed by atoms with Crippen LogP contribution in [0.5, 0.6) is 0 Å². The van der Waals surface area contributed by atoms with Gasteiger partial charge in [0, 0.05) is 24.6 Å². The van der Waals surface area contributed by atoms with Crippen LogP contribution in [0.15, 0.2) is 36.3 Å². The monoisotopic (exact) mass is 163 g/mol. The minimum atomic E-state index is 0.116. The molecule has 0 spiro atoms. The third-order valence-corrected chi connectivity index (χ3v) is 2.15. The summed E-state index contributed by atoms with van der Waals surface area (Å²) in [7, 11) is 0. The van der Waals surface area contributed by atoms with Crippen LogP contribution >= 0.6 is 0 Å². The molecule has 3 heteroatoms. The first kappa shape index (κ1) is 7.43. The predicted molar refractivity (Wildman–Crippen MR) is 48.8 cm³/mol. The molecule has 12 heavy (non-hydrogen) atoms. The van der Waals surface area contributed by atoms with Crippen molar-refractivity contribution < 1.29 is 0 Å². The molecule has 64 valence electrons. The van der Waals surface area contributed by atoms with Crippen molar-refractivity contribution in [3.8, 4) is 0 Å². The van der Waals surface area contributed by atoms with Crippen molar-refractivity contribution in [1.29, 1.82) is 0 Å². The predicted octanol–water partition coefficient (Wildman–Crippen LogP) is 0.490. The van der Waals surface area contributed by atoms with Gasteiger partial charge >= 0.3 is 0 Å². The first-order valence-corrected chi connectivity index (χ1v) is 4.13. The van der Waals surface area contributed by atoms with E-state index in [0.29, 0.717) is 0 Å². The fourth-order valence-corrected chi connectivity index (χ4v) is 1.40. The van der Waals surface area contributed by atoms with Gasteiger partial charge in [-0.25, -0.2) is 0 Å². The van der Waals surface area contributed by atoms with Crippen molar-refractivity contribution in [2.45, 2.75) is 19.1 Å². The van der Waals surface area contributed by atoms with Crippen LogP contribution in [0.3, 0.4) is 0 Å². The van der Waals surface area contributed by atoms with Gasteiger partial charge < -0.3 is 16.0 Å². The Kier molecular flexibility index (Phi) is 1.66. The van der Waals surface area contributed by atoms with Crippen LogP contribution in [0.25, 0.3) is 0 Å². The maximum Gasteiger partial charge on any atom is 0.122 e. The maximum absolute atomic E-state index is 5.76. The van der Waals surface area contributed by atoms with Crippen LogP contribution in [0.1, 0.15) is 6.92 Å². The van der Waals surface area contributed by atoms with E-state index in [1.807, 2.05) is 25.5 Å². The van der Waals surface area contributed by atoms with Crippen LogP contribution in [-0.2, 0) is 0 Å². The molecule has 0 aromatic heterocycles. The second-order valence-electron chi connectivity index (χ2n) is 3.15. The normalized spacial score (nSPS) is 28.0. The summed E-state index contributed by atoms with van der Waals surface area (Å²) >= 11 is 0. The number of rotatable bonds is 1. The molecule has 0 bridgehead atoms. The van der Waals surface area contributed by atoms with Crippen LogP contribution in [0, 0.1) is 0 Å². The van der Waals surface area contributed by atoms with Crippen molar-refractivity contribution in [2.75, 3.05) is 0 Å². The lowest BCUT2D eigenvalue weighted by molar-refractivity contribution is 0.421. The van der Waals surface area contributed by atoms with Gasteiger partial charge in [-0.15, -0.1) is 0 Å². The fraction of sp³-hybridized carbons (Fsp3) is 0.333. The smallest absolute Gasteiger partial charge is 0.122 e. The highest BCUT2D eigenvalue weighted by Gasteiger charge is 2.18. The van der Waals surface area contributed by atoms with Gasteiger partial charge in [-0.3, -0.25) is 0 Å². The third-order valence-electron chi connectivity index (χ3n) is 2.15. The zero-order valence-corrected chi connectivity index (χ0v) is 7.07. The lowest BCUT2D eigenvalue weighted by Crippen LogP contribution is -2.34. The molecule has 0 fully saturated rings. The van der Waals surface area contributed by atoms with E-state index >= 15 is 0 Å². The van der Waals surface area contributed by atoms with Gasteiger partial charge in [0.15, 0.2) is 0 Å². The van der Waals surface area contributed by atoms with E-state index in [0.717, 1.165) is 0 Å². The Labute approximate surface area is 72.2 Å². The van der Waals surface area contributed by atoms with E-state index in [2.05, 4.69) is 22.4 Å². The fourth-order valence-electron chi connectivity index (χ4n) is 1.40. The Morgan fingerprint density at radius 1 is 1.58 bits per heavy atom.